The van der Waals surface area contributed by atoms with Crippen LogP contribution >= 0.6 is 11.6 Å². The fourth-order valence-electron chi connectivity index (χ4n) is 4.49. The highest BCUT2D eigenvalue weighted by Gasteiger charge is 2.29. The molecule has 0 bridgehead atoms. The number of hydrogen-bond acceptors (Lipinski definition) is 8. The number of aliphatic carboxylic acids is 1. The third-order valence-electron chi connectivity index (χ3n) is 6.26. The van der Waals surface area contributed by atoms with E-state index < -0.39 is 17.0 Å². The Kier molecular flexibility index (Phi) is 10.0. The molecule has 0 unspecified atom stereocenters. The number of nitrogens with zero attached hydrogens (tertiary/aromatic N) is 1. The van der Waals surface area contributed by atoms with Crippen LogP contribution in [0.4, 0.5) is 0 Å². The average Bonchev–Trinajstić information content (AvgIpc) is 2.90. The molecule has 10 heteroatoms. The number of hydrogen-bond donors (Lipinski definition) is 1. The molecule has 0 fully saturated rings. The minimum atomic E-state index is -1.31. The first-order valence-electron chi connectivity index (χ1n) is 11.8. The van der Waals surface area contributed by atoms with E-state index in [4.69, 9.17) is 40.4 Å². The zero-order valence-electron chi connectivity index (χ0n) is 21.4. The van der Waals surface area contributed by atoms with Crippen molar-refractivity contribution in [3.05, 3.63) is 58.1 Å². The molecule has 2 aromatic rings. The monoisotopic (exact) mass is 533 g/mol. The fourth-order valence-corrected chi connectivity index (χ4v) is 4.63. The Balaban J connectivity index is 1.82. The first kappa shape index (κ1) is 28.1. The number of carbonyl (C=O) groups excluding carboxylic acids is 1. The van der Waals surface area contributed by atoms with Gasteiger partial charge in [-0.15, -0.1) is 0 Å². The summed E-state index contributed by atoms with van der Waals surface area (Å²) in [4.78, 5) is 24.9. The molecule has 37 heavy (non-hydrogen) atoms. The number of rotatable bonds is 12. The number of fused-ring (bicyclic) bond motifs is 1. The number of benzene rings is 2. The molecular formula is C27H32ClNO8. The normalized spacial score (nSPS) is 15.5. The standard InChI is InChI=1S/C27H32ClNO8/c1-33-22-7-6-17(13-23(22)34-2)12-21-19-15-25(36-4)24(35-3)14-18(19)8-10-29(21)9-5-11-37-27(32)20(28)16-26(30)31/h6-7,13-16,21H,5,8-12H2,1-4H3,(H,30,31)/b20-16-/t21-/m1/s1. The van der Waals surface area contributed by atoms with Crippen molar-refractivity contribution in [1.29, 1.82) is 0 Å². The van der Waals surface area contributed by atoms with Gasteiger partial charge in [-0.05, 0) is 60.2 Å². The van der Waals surface area contributed by atoms with E-state index in [1.165, 1.54) is 5.56 Å². The predicted molar refractivity (Wildman–Crippen MR) is 138 cm³/mol. The van der Waals surface area contributed by atoms with Gasteiger partial charge in [0.2, 0.25) is 0 Å². The average molecular weight is 534 g/mol. The van der Waals surface area contributed by atoms with Gasteiger partial charge in [0.1, 0.15) is 5.03 Å². The van der Waals surface area contributed by atoms with Crippen LogP contribution in [0.2, 0.25) is 0 Å². The topological polar surface area (TPSA) is 104 Å². The Morgan fingerprint density at radius 2 is 1.65 bits per heavy atom. The van der Waals surface area contributed by atoms with Gasteiger partial charge in [-0.1, -0.05) is 17.7 Å². The van der Waals surface area contributed by atoms with Crippen LogP contribution in [0.5, 0.6) is 23.0 Å². The highest BCUT2D eigenvalue weighted by atomic mass is 35.5. The van der Waals surface area contributed by atoms with E-state index in [9.17, 15) is 9.59 Å². The van der Waals surface area contributed by atoms with Crippen LogP contribution in [0, 0.1) is 0 Å². The fraction of sp³-hybridized carbons (Fsp3) is 0.407. The molecule has 0 aromatic heterocycles. The van der Waals surface area contributed by atoms with E-state index in [0.29, 0.717) is 48.5 Å². The van der Waals surface area contributed by atoms with Gasteiger partial charge in [0.25, 0.3) is 0 Å². The van der Waals surface area contributed by atoms with Crippen LogP contribution in [-0.2, 0) is 27.2 Å². The molecule has 1 atom stereocenters. The number of ether oxygens (including phenoxy) is 5. The lowest BCUT2D eigenvalue weighted by atomic mass is 9.88. The van der Waals surface area contributed by atoms with E-state index in [0.717, 1.165) is 24.1 Å². The Morgan fingerprint density at radius 1 is 1.00 bits per heavy atom. The van der Waals surface area contributed by atoms with E-state index >= 15 is 0 Å². The predicted octanol–water partition coefficient (Wildman–Crippen LogP) is 4.00. The molecule has 0 radical (unpaired) electrons. The molecule has 9 nitrogen and oxygen atoms in total. The Labute approximate surface area is 221 Å². The second-order valence-electron chi connectivity index (χ2n) is 8.42. The molecule has 0 aliphatic carbocycles. The third kappa shape index (κ3) is 7.08. The van der Waals surface area contributed by atoms with Gasteiger partial charge in [-0.3, -0.25) is 4.90 Å². The van der Waals surface area contributed by atoms with Crippen molar-refractivity contribution in [2.75, 3.05) is 48.1 Å². The van der Waals surface area contributed by atoms with Crippen LogP contribution in [0.1, 0.15) is 29.2 Å². The second-order valence-corrected chi connectivity index (χ2v) is 8.83. The van der Waals surface area contributed by atoms with Crippen LogP contribution in [-0.4, -0.2) is 70.1 Å². The van der Waals surface area contributed by atoms with Crippen molar-refractivity contribution in [3.8, 4) is 23.0 Å². The molecule has 1 heterocycles. The molecule has 1 aliphatic heterocycles. The molecule has 3 rings (SSSR count). The van der Waals surface area contributed by atoms with Gasteiger partial charge in [0.05, 0.1) is 35.0 Å². The van der Waals surface area contributed by atoms with E-state index in [1.807, 2.05) is 30.3 Å². The zero-order chi connectivity index (χ0) is 26.9. The summed E-state index contributed by atoms with van der Waals surface area (Å²) in [7, 11) is 6.46. The van der Waals surface area contributed by atoms with Gasteiger partial charge in [-0.25, -0.2) is 9.59 Å². The smallest absolute Gasteiger partial charge is 0.350 e. The first-order chi connectivity index (χ1) is 17.8. The number of esters is 1. The Morgan fingerprint density at radius 3 is 2.30 bits per heavy atom. The summed E-state index contributed by atoms with van der Waals surface area (Å²) < 4.78 is 27.1. The lowest BCUT2D eigenvalue weighted by Crippen LogP contribution is -2.37. The van der Waals surface area contributed by atoms with Crippen LogP contribution in [0.3, 0.4) is 0 Å². The van der Waals surface area contributed by atoms with Gasteiger partial charge in [-0.2, -0.15) is 0 Å². The van der Waals surface area contributed by atoms with E-state index in [2.05, 4.69) is 4.90 Å². The summed E-state index contributed by atoms with van der Waals surface area (Å²) in [5.74, 6) is 0.516. The Bertz CT molecular complexity index is 1150. The first-order valence-corrected chi connectivity index (χ1v) is 12.2. The SMILES string of the molecule is COc1ccc(C[C@@H]2c3cc(OC)c(OC)cc3CCN2CCCOC(=O)/C(Cl)=C/C(=O)O)cc1OC. The van der Waals surface area contributed by atoms with E-state index in [1.54, 1.807) is 28.4 Å². The van der Waals surface area contributed by atoms with E-state index in [-0.39, 0.29) is 12.6 Å². The number of methoxy groups -OCH3 is 4. The summed E-state index contributed by atoms with van der Waals surface area (Å²) in [5, 5.41) is 8.26. The van der Waals surface area contributed by atoms with Gasteiger partial charge >= 0.3 is 11.9 Å². The van der Waals surface area contributed by atoms with Crippen molar-refractivity contribution in [3.63, 3.8) is 0 Å². The summed E-state index contributed by atoms with van der Waals surface area (Å²) in [6.07, 6.45) is 2.70. The molecule has 2 aromatic carbocycles. The van der Waals surface area contributed by atoms with Gasteiger partial charge < -0.3 is 28.8 Å². The number of carboxylic acids is 1. The highest BCUT2D eigenvalue weighted by Crippen LogP contribution is 2.40. The van der Waals surface area contributed by atoms with Crippen molar-refractivity contribution < 1.29 is 38.4 Å². The lowest BCUT2D eigenvalue weighted by Gasteiger charge is -2.38. The van der Waals surface area contributed by atoms with Crippen LogP contribution in [0.15, 0.2) is 41.4 Å². The zero-order valence-corrected chi connectivity index (χ0v) is 22.2. The molecule has 0 amide bonds. The summed E-state index contributed by atoms with van der Waals surface area (Å²) >= 11 is 5.68. The minimum absolute atomic E-state index is 0.0212. The van der Waals surface area contributed by atoms with Crippen molar-refractivity contribution >= 4 is 23.5 Å². The molecule has 1 aliphatic rings. The third-order valence-corrected chi connectivity index (χ3v) is 6.52. The number of halogens is 1. The highest BCUT2D eigenvalue weighted by molar-refractivity contribution is 6.42. The number of carbonyl (C=O) groups is 2. The molecular weight excluding hydrogens is 502 g/mol. The summed E-state index contributed by atoms with van der Waals surface area (Å²) in [6, 6.07) is 9.98. The lowest BCUT2D eigenvalue weighted by molar-refractivity contribution is -0.139. The minimum Gasteiger partial charge on any atom is -0.493 e. The van der Waals surface area contributed by atoms with Crippen molar-refractivity contribution in [2.45, 2.75) is 25.3 Å². The van der Waals surface area contributed by atoms with Crippen LogP contribution in [0.25, 0.3) is 0 Å². The maximum absolute atomic E-state index is 11.9. The largest absolute Gasteiger partial charge is 0.493 e. The number of carboxylic acid groups (broad SMARTS) is 1. The maximum Gasteiger partial charge on any atom is 0.350 e. The molecule has 0 saturated carbocycles. The van der Waals surface area contributed by atoms with Gasteiger partial charge in [0, 0.05) is 25.2 Å². The second kappa shape index (κ2) is 13.2. The maximum atomic E-state index is 11.9. The van der Waals surface area contributed by atoms with Crippen molar-refractivity contribution in [1.82, 2.24) is 4.90 Å². The molecule has 200 valence electrons. The Hall–Kier alpha value is -3.43. The quantitative estimate of drug-likeness (QED) is 0.246. The van der Waals surface area contributed by atoms with Crippen molar-refractivity contribution in [2.24, 2.45) is 0 Å². The summed E-state index contributed by atoms with van der Waals surface area (Å²) in [5.41, 5.74) is 3.41. The molecule has 0 saturated heterocycles. The summed E-state index contributed by atoms with van der Waals surface area (Å²) in [6.45, 7) is 1.56. The molecule has 0 spiro atoms. The molecule has 1 N–H and O–H groups in total. The van der Waals surface area contributed by atoms with Crippen LogP contribution < -0.4 is 18.9 Å². The van der Waals surface area contributed by atoms with Gasteiger partial charge in [0.15, 0.2) is 23.0 Å².